The van der Waals surface area contributed by atoms with Gasteiger partial charge in [-0.2, -0.15) is 0 Å². The summed E-state index contributed by atoms with van der Waals surface area (Å²) >= 11 is 13.8. The van der Waals surface area contributed by atoms with E-state index in [4.69, 9.17) is 27.9 Å². The second-order valence-corrected chi connectivity index (χ2v) is 7.23. The average Bonchev–Trinajstić information content (AvgIpc) is 2.77. The van der Waals surface area contributed by atoms with Gasteiger partial charge in [0.05, 0.1) is 21.8 Å². The summed E-state index contributed by atoms with van der Waals surface area (Å²) in [6, 6.07) is 6.21. The molecule has 0 aliphatic rings. The molecule has 0 spiro atoms. The van der Waals surface area contributed by atoms with Crippen molar-refractivity contribution in [3.8, 4) is 5.75 Å². The molecule has 5 heteroatoms. The minimum Gasteiger partial charge on any atom is -0.496 e. The highest BCUT2D eigenvalue weighted by Gasteiger charge is 2.21. The number of hydrogen-bond donors (Lipinski definition) is 1. The largest absolute Gasteiger partial charge is 0.496 e. The molecule has 2 rings (SSSR count). The van der Waals surface area contributed by atoms with Gasteiger partial charge in [-0.3, -0.25) is 0 Å². The number of thiophene rings is 1. The summed E-state index contributed by atoms with van der Waals surface area (Å²) in [5, 5.41) is 3.50. The molecule has 0 fully saturated rings. The lowest BCUT2D eigenvalue weighted by molar-refractivity contribution is 0.411. The van der Waals surface area contributed by atoms with E-state index in [1.54, 1.807) is 7.11 Å². The van der Waals surface area contributed by atoms with E-state index in [0.717, 1.165) is 27.8 Å². The van der Waals surface area contributed by atoms with Gasteiger partial charge >= 0.3 is 0 Å². The van der Waals surface area contributed by atoms with Gasteiger partial charge in [-0.25, -0.2) is 0 Å². The first-order chi connectivity index (χ1) is 9.97. The predicted octanol–water partition coefficient (Wildman–Crippen LogP) is 5.38. The Morgan fingerprint density at radius 2 is 1.86 bits per heavy atom. The van der Waals surface area contributed by atoms with Crippen molar-refractivity contribution in [3.05, 3.63) is 49.1 Å². The van der Waals surface area contributed by atoms with Crippen molar-refractivity contribution in [2.24, 2.45) is 0 Å². The van der Waals surface area contributed by atoms with Crippen LogP contribution in [-0.4, -0.2) is 13.7 Å². The molecule has 2 aromatic rings. The van der Waals surface area contributed by atoms with E-state index in [0.29, 0.717) is 4.34 Å². The van der Waals surface area contributed by atoms with Gasteiger partial charge in [0, 0.05) is 5.56 Å². The fourth-order valence-corrected chi connectivity index (χ4v) is 4.02. The number of benzene rings is 1. The number of halogens is 2. The van der Waals surface area contributed by atoms with Crippen LogP contribution in [0.3, 0.4) is 0 Å². The number of methoxy groups -OCH3 is 1. The summed E-state index contributed by atoms with van der Waals surface area (Å²) < 4.78 is 6.83. The molecule has 114 valence electrons. The fraction of sp³-hybridized carbons (Fsp3) is 0.375. The molecular weight excluding hydrogens is 325 g/mol. The number of ether oxygens (including phenoxy) is 1. The van der Waals surface area contributed by atoms with Crippen LogP contribution >= 0.6 is 34.5 Å². The standard InChI is InChI=1S/C16H19Cl2NOS/c1-5-19-15(12-8-14(17)21-16(12)18)11-6-10(3)13(20-4)7-9(11)2/h6-8,15,19H,5H2,1-4H3. The highest BCUT2D eigenvalue weighted by molar-refractivity contribution is 7.20. The monoisotopic (exact) mass is 343 g/mol. The molecule has 1 atom stereocenters. The van der Waals surface area contributed by atoms with E-state index in [1.807, 2.05) is 13.0 Å². The smallest absolute Gasteiger partial charge is 0.122 e. The van der Waals surface area contributed by atoms with Crippen molar-refractivity contribution in [1.29, 1.82) is 0 Å². The van der Waals surface area contributed by atoms with E-state index in [1.165, 1.54) is 22.5 Å². The Morgan fingerprint density at radius 1 is 1.14 bits per heavy atom. The first-order valence-corrected chi connectivity index (χ1v) is 8.38. The molecule has 0 saturated carbocycles. The zero-order valence-corrected chi connectivity index (χ0v) is 14.9. The Morgan fingerprint density at radius 3 is 2.38 bits per heavy atom. The van der Waals surface area contributed by atoms with Gasteiger partial charge < -0.3 is 10.1 Å². The van der Waals surface area contributed by atoms with Crippen LogP contribution in [0.25, 0.3) is 0 Å². The molecule has 21 heavy (non-hydrogen) atoms. The van der Waals surface area contributed by atoms with Crippen LogP contribution in [0.1, 0.15) is 35.2 Å². The lowest BCUT2D eigenvalue weighted by Gasteiger charge is -2.22. The predicted molar refractivity (Wildman–Crippen MR) is 92.3 cm³/mol. The minimum atomic E-state index is 0.0378. The van der Waals surface area contributed by atoms with Crippen molar-refractivity contribution in [3.63, 3.8) is 0 Å². The Hall–Kier alpha value is -0.740. The van der Waals surface area contributed by atoms with Crippen molar-refractivity contribution < 1.29 is 4.74 Å². The number of hydrogen-bond acceptors (Lipinski definition) is 3. The number of rotatable bonds is 5. The SMILES string of the molecule is CCNC(c1cc(C)c(OC)cc1C)c1cc(Cl)sc1Cl. The van der Waals surface area contributed by atoms with Crippen molar-refractivity contribution >= 4 is 34.5 Å². The van der Waals surface area contributed by atoms with E-state index in [-0.39, 0.29) is 6.04 Å². The second kappa shape index (κ2) is 7.01. The van der Waals surface area contributed by atoms with Gasteiger partial charge in [-0.05, 0) is 49.2 Å². The Labute approximate surface area is 140 Å². The molecule has 0 aliphatic heterocycles. The van der Waals surface area contributed by atoms with Crippen LogP contribution in [0.5, 0.6) is 5.75 Å². The molecule has 0 aliphatic carbocycles. The number of nitrogens with one attached hydrogen (secondary N) is 1. The third-order valence-corrected chi connectivity index (χ3v) is 5.01. The third-order valence-electron chi connectivity index (χ3n) is 3.50. The summed E-state index contributed by atoms with van der Waals surface area (Å²) in [7, 11) is 1.69. The Bertz CT molecular complexity index is 639. The van der Waals surface area contributed by atoms with Crippen LogP contribution in [0.2, 0.25) is 8.67 Å². The second-order valence-electron chi connectivity index (χ2n) is 4.95. The van der Waals surface area contributed by atoms with Gasteiger partial charge in [0.2, 0.25) is 0 Å². The van der Waals surface area contributed by atoms with Crippen molar-refractivity contribution in [1.82, 2.24) is 5.32 Å². The summed E-state index contributed by atoms with van der Waals surface area (Å²) in [6.45, 7) is 7.07. The molecule has 0 amide bonds. The maximum Gasteiger partial charge on any atom is 0.122 e. The van der Waals surface area contributed by atoms with Gasteiger partial charge in [-0.1, -0.05) is 36.2 Å². The highest BCUT2D eigenvalue weighted by atomic mass is 35.5. The molecule has 0 bridgehead atoms. The van der Waals surface area contributed by atoms with Crippen LogP contribution in [0.4, 0.5) is 0 Å². The maximum absolute atomic E-state index is 6.35. The van der Waals surface area contributed by atoms with Gasteiger partial charge in [0.1, 0.15) is 5.75 Å². The zero-order chi connectivity index (χ0) is 15.6. The van der Waals surface area contributed by atoms with E-state index >= 15 is 0 Å². The van der Waals surface area contributed by atoms with Gasteiger partial charge in [0.25, 0.3) is 0 Å². The Kier molecular flexibility index (Phi) is 5.55. The summed E-state index contributed by atoms with van der Waals surface area (Å²) in [6.07, 6.45) is 0. The van der Waals surface area contributed by atoms with Gasteiger partial charge in [0.15, 0.2) is 0 Å². The van der Waals surface area contributed by atoms with E-state index < -0.39 is 0 Å². The van der Waals surface area contributed by atoms with E-state index in [2.05, 4.69) is 31.3 Å². The highest BCUT2D eigenvalue weighted by Crippen LogP contribution is 2.39. The lowest BCUT2D eigenvalue weighted by atomic mass is 9.94. The quantitative estimate of drug-likeness (QED) is 0.786. The average molecular weight is 344 g/mol. The molecule has 1 heterocycles. The first-order valence-electron chi connectivity index (χ1n) is 6.81. The normalized spacial score (nSPS) is 12.5. The topological polar surface area (TPSA) is 21.3 Å². The zero-order valence-electron chi connectivity index (χ0n) is 12.6. The van der Waals surface area contributed by atoms with Gasteiger partial charge in [-0.15, -0.1) is 11.3 Å². The molecule has 1 unspecified atom stereocenters. The molecule has 1 N–H and O–H groups in total. The first kappa shape index (κ1) is 16.6. The summed E-state index contributed by atoms with van der Waals surface area (Å²) in [4.78, 5) is 0. The molecule has 2 nitrogen and oxygen atoms in total. The van der Waals surface area contributed by atoms with Crippen LogP contribution < -0.4 is 10.1 Å². The molecular formula is C16H19Cl2NOS. The molecule has 0 saturated heterocycles. The number of aryl methyl sites for hydroxylation is 2. The van der Waals surface area contributed by atoms with Crippen molar-refractivity contribution in [2.45, 2.75) is 26.8 Å². The van der Waals surface area contributed by atoms with Crippen molar-refractivity contribution in [2.75, 3.05) is 13.7 Å². The molecule has 1 aromatic carbocycles. The third kappa shape index (κ3) is 3.54. The summed E-state index contributed by atoms with van der Waals surface area (Å²) in [5.41, 5.74) is 4.51. The van der Waals surface area contributed by atoms with Crippen LogP contribution in [0.15, 0.2) is 18.2 Å². The fourth-order valence-electron chi connectivity index (χ4n) is 2.48. The summed E-state index contributed by atoms with van der Waals surface area (Å²) in [5.74, 6) is 0.904. The molecule has 0 radical (unpaired) electrons. The molecule has 1 aromatic heterocycles. The minimum absolute atomic E-state index is 0.0378. The van der Waals surface area contributed by atoms with E-state index in [9.17, 15) is 0 Å². The van der Waals surface area contributed by atoms with Crippen LogP contribution in [-0.2, 0) is 0 Å². The maximum atomic E-state index is 6.35. The Balaban J connectivity index is 2.53. The lowest BCUT2D eigenvalue weighted by Crippen LogP contribution is -2.22. The van der Waals surface area contributed by atoms with Crippen LogP contribution in [0, 0.1) is 13.8 Å².